The van der Waals surface area contributed by atoms with E-state index in [9.17, 15) is 4.79 Å². The monoisotopic (exact) mass is 185 g/mol. The molecule has 3 nitrogen and oxygen atoms in total. The normalized spacial score (nSPS) is 25.2. The van der Waals surface area contributed by atoms with Crippen molar-refractivity contribution in [1.29, 1.82) is 0 Å². The predicted octanol–water partition coefficient (Wildman–Crippen LogP) is 1.47. The molecule has 76 valence electrons. The van der Waals surface area contributed by atoms with Crippen LogP contribution in [0.3, 0.4) is 0 Å². The maximum Gasteiger partial charge on any atom is 0.305 e. The average Bonchev–Trinajstić information content (AvgIpc) is 2.19. The summed E-state index contributed by atoms with van der Waals surface area (Å²) in [6, 6.07) is 0.365. The molecule has 0 aromatic heterocycles. The molecule has 0 saturated carbocycles. The lowest BCUT2D eigenvalue weighted by molar-refractivity contribution is -0.149. The standard InChI is InChI=1S/C10H19NO2/c1-3-10(12)13-8(2)9-6-4-5-7-11-9/h8-9,11H,3-7H2,1-2H3. The van der Waals surface area contributed by atoms with Crippen LogP contribution in [0.25, 0.3) is 0 Å². The van der Waals surface area contributed by atoms with Gasteiger partial charge in [0.05, 0.1) is 0 Å². The first kappa shape index (κ1) is 10.5. The summed E-state index contributed by atoms with van der Waals surface area (Å²) in [4.78, 5) is 11.0. The fourth-order valence-corrected chi connectivity index (χ4v) is 1.65. The van der Waals surface area contributed by atoms with Gasteiger partial charge >= 0.3 is 5.97 Å². The van der Waals surface area contributed by atoms with Crippen LogP contribution in [0.15, 0.2) is 0 Å². The Hall–Kier alpha value is -0.570. The summed E-state index contributed by atoms with van der Waals surface area (Å²) < 4.78 is 5.24. The molecule has 0 radical (unpaired) electrons. The highest BCUT2D eigenvalue weighted by Gasteiger charge is 2.21. The lowest BCUT2D eigenvalue weighted by Gasteiger charge is -2.28. The van der Waals surface area contributed by atoms with Crippen molar-refractivity contribution >= 4 is 5.97 Å². The first-order valence-corrected chi connectivity index (χ1v) is 5.17. The zero-order chi connectivity index (χ0) is 9.68. The largest absolute Gasteiger partial charge is 0.461 e. The van der Waals surface area contributed by atoms with Crippen LogP contribution in [0, 0.1) is 0 Å². The third kappa shape index (κ3) is 3.35. The van der Waals surface area contributed by atoms with Crippen LogP contribution in [-0.4, -0.2) is 24.7 Å². The van der Waals surface area contributed by atoms with Crippen molar-refractivity contribution in [2.45, 2.75) is 51.7 Å². The maximum atomic E-state index is 11.0. The van der Waals surface area contributed by atoms with E-state index in [2.05, 4.69) is 5.32 Å². The summed E-state index contributed by atoms with van der Waals surface area (Å²) in [5.41, 5.74) is 0. The van der Waals surface area contributed by atoms with E-state index < -0.39 is 0 Å². The van der Waals surface area contributed by atoms with Gasteiger partial charge in [-0.3, -0.25) is 4.79 Å². The Labute approximate surface area is 79.8 Å². The van der Waals surface area contributed by atoms with E-state index >= 15 is 0 Å². The topological polar surface area (TPSA) is 38.3 Å². The van der Waals surface area contributed by atoms with Crippen molar-refractivity contribution in [3.05, 3.63) is 0 Å². The molecule has 1 heterocycles. The predicted molar refractivity (Wildman–Crippen MR) is 51.5 cm³/mol. The second-order valence-corrected chi connectivity index (χ2v) is 3.60. The van der Waals surface area contributed by atoms with E-state index in [0.717, 1.165) is 13.0 Å². The SMILES string of the molecule is CCC(=O)OC(C)C1CCCCN1. The van der Waals surface area contributed by atoms with Crippen molar-refractivity contribution in [2.24, 2.45) is 0 Å². The molecule has 1 fully saturated rings. The Morgan fingerprint density at radius 2 is 2.38 bits per heavy atom. The fraction of sp³-hybridized carbons (Fsp3) is 0.900. The van der Waals surface area contributed by atoms with E-state index in [1.807, 2.05) is 13.8 Å². The Morgan fingerprint density at radius 1 is 1.62 bits per heavy atom. The number of hydrogen-bond donors (Lipinski definition) is 1. The van der Waals surface area contributed by atoms with Gasteiger partial charge in [-0.1, -0.05) is 13.3 Å². The summed E-state index contributed by atoms with van der Waals surface area (Å²) in [5, 5.41) is 3.37. The molecular formula is C10H19NO2. The molecule has 1 saturated heterocycles. The number of ether oxygens (including phenoxy) is 1. The zero-order valence-corrected chi connectivity index (χ0v) is 8.51. The van der Waals surface area contributed by atoms with Crippen LogP contribution >= 0.6 is 0 Å². The molecule has 0 aliphatic carbocycles. The van der Waals surface area contributed by atoms with Crippen LogP contribution in [0.2, 0.25) is 0 Å². The van der Waals surface area contributed by atoms with E-state index in [1.54, 1.807) is 0 Å². The molecule has 1 rings (SSSR count). The van der Waals surface area contributed by atoms with Gasteiger partial charge < -0.3 is 10.1 Å². The molecule has 0 spiro atoms. The number of hydrogen-bond acceptors (Lipinski definition) is 3. The highest BCUT2D eigenvalue weighted by atomic mass is 16.5. The lowest BCUT2D eigenvalue weighted by atomic mass is 10.0. The number of esters is 1. The number of rotatable bonds is 3. The fourth-order valence-electron chi connectivity index (χ4n) is 1.65. The summed E-state index contributed by atoms with van der Waals surface area (Å²) in [5.74, 6) is -0.0973. The van der Waals surface area contributed by atoms with Crippen LogP contribution in [0.4, 0.5) is 0 Å². The minimum Gasteiger partial charge on any atom is -0.461 e. The quantitative estimate of drug-likeness (QED) is 0.677. The molecule has 2 atom stereocenters. The Morgan fingerprint density at radius 3 is 2.92 bits per heavy atom. The second kappa shape index (κ2) is 5.22. The minimum atomic E-state index is -0.0973. The Kier molecular flexibility index (Phi) is 4.22. The minimum absolute atomic E-state index is 0.0211. The molecule has 1 aliphatic heterocycles. The summed E-state index contributed by atoms with van der Waals surface area (Å²) in [7, 11) is 0. The average molecular weight is 185 g/mol. The molecule has 13 heavy (non-hydrogen) atoms. The number of carbonyl (C=O) groups excluding carboxylic acids is 1. The molecule has 1 aliphatic rings. The summed E-state index contributed by atoms with van der Waals surface area (Å²) in [6.45, 7) is 4.85. The van der Waals surface area contributed by atoms with Gasteiger partial charge in [0, 0.05) is 12.5 Å². The first-order valence-electron chi connectivity index (χ1n) is 5.17. The Balaban J connectivity index is 2.28. The molecular weight excluding hydrogens is 166 g/mol. The lowest BCUT2D eigenvalue weighted by Crippen LogP contribution is -2.43. The highest BCUT2D eigenvalue weighted by Crippen LogP contribution is 2.12. The van der Waals surface area contributed by atoms with Crippen LogP contribution in [-0.2, 0) is 9.53 Å². The van der Waals surface area contributed by atoms with E-state index in [0.29, 0.717) is 12.5 Å². The van der Waals surface area contributed by atoms with Gasteiger partial charge in [0.1, 0.15) is 6.10 Å². The van der Waals surface area contributed by atoms with Gasteiger partial charge in [0.2, 0.25) is 0 Å². The smallest absolute Gasteiger partial charge is 0.305 e. The zero-order valence-electron chi connectivity index (χ0n) is 8.51. The first-order chi connectivity index (χ1) is 6.24. The van der Waals surface area contributed by atoms with Crippen LogP contribution in [0.1, 0.15) is 39.5 Å². The molecule has 2 unspecified atom stereocenters. The summed E-state index contributed by atoms with van der Waals surface area (Å²) in [6.07, 6.45) is 4.10. The number of carbonyl (C=O) groups is 1. The van der Waals surface area contributed by atoms with E-state index in [4.69, 9.17) is 4.74 Å². The van der Waals surface area contributed by atoms with Gasteiger partial charge in [0.25, 0.3) is 0 Å². The van der Waals surface area contributed by atoms with Crippen molar-refractivity contribution in [1.82, 2.24) is 5.32 Å². The van der Waals surface area contributed by atoms with Gasteiger partial charge in [-0.05, 0) is 26.3 Å². The molecule has 1 N–H and O–H groups in total. The van der Waals surface area contributed by atoms with Gasteiger partial charge in [0.15, 0.2) is 0 Å². The number of piperidine rings is 1. The van der Waals surface area contributed by atoms with Crippen molar-refractivity contribution < 1.29 is 9.53 Å². The highest BCUT2D eigenvalue weighted by molar-refractivity contribution is 5.69. The van der Waals surface area contributed by atoms with Crippen LogP contribution < -0.4 is 5.32 Å². The second-order valence-electron chi connectivity index (χ2n) is 3.60. The third-order valence-corrected chi connectivity index (χ3v) is 2.52. The number of nitrogens with one attached hydrogen (secondary N) is 1. The van der Waals surface area contributed by atoms with Crippen LogP contribution in [0.5, 0.6) is 0 Å². The molecule has 0 aromatic carbocycles. The molecule has 0 bridgehead atoms. The third-order valence-electron chi connectivity index (χ3n) is 2.52. The summed E-state index contributed by atoms with van der Waals surface area (Å²) >= 11 is 0. The Bertz CT molecular complexity index is 164. The van der Waals surface area contributed by atoms with Crippen molar-refractivity contribution in [3.8, 4) is 0 Å². The molecule has 0 amide bonds. The molecule has 3 heteroatoms. The van der Waals surface area contributed by atoms with Crippen molar-refractivity contribution in [3.63, 3.8) is 0 Å². The van der Waals surface area contributed by atoms with E-state index in [-0.39, 0.29) is 12.1 Å². The van der Waals surface area contributed by atoms with Gasteiger partial charge in [-0.15, -0.1) is 0 Å². The molecule has 0 aromatic rings. The maximum absolute atomic E-state index is 11.0. The van der Waals surface area contributed by atoms with Gasteiger partial charge in [-0.25, -0.2) is 0 Å². The van der Waals surface area contributed by atoms with E-state index in [1.165, 1.54) is 12.8 Å². The van der Waals surface area contributed by atoms with Gasteiger partial charge in [-0.2, -0.15) is 0 Å². The van der Waals surface area contributed by atoms with Crippen molar-refractivity contribution in [2.75, 3.05) is 6.54 Å².